The van der Waals surface area contributed by atoms with Gasteiger partial charge in [-0.15, -0.1) is 0 Å². The Balaban J connectivity index is 2.38. The second kappa shape index (κ2) is 5.35. The van der Waals surface area contributed by atoms with Gasteiger partial charge in [-0.3, -0.25) is 4.79 Å². The number of carbonyl (C=O) groups is 1. The molecule has 0 aliphatic carbocycles. The van der Waals surface area contributed by atoms with Crippen LogP contribution in [0.25, 0.3) is 0 Å². The van der Waals surface area contributed by atoms with Crippen LogP contribution in [-0.4, -0.2) is 48.9 Å². The Morgan fingerprint density at radius 3 is 2.71 bits per heavy atom. The molecule has 0 aromatic carbocycles. The molecule has 0 spiro atoms. The lowest BCUT2D eigenvalue weighted by molar-refractivity contribution is -0.133. The third kappa shape index (κ3) is 2.71. The zero-order valence-electron chi connectivity index (χ0n) is 9.62. The Morgan fingerprint density at radius 2 is 2.21 bits per heavy atom. The maximum atomic E-state index is 11.9. The molecule has 0 aromatic heterocycles. The van der Waals surface area contributed by atoms with Crippen LogP contribution in [0.4, 0.5) is 0 Å². The van der Waals surface area contributed by atoms with Gasteiger partial charge in [0.05, 0.1) is 5.92 Å². The smallest absolute Gasteiger partial charge is 0.226 e. The highest BCUT2D eigenvalue weighted by atomic mass is 16.2. The van der Waals surface area contributed by atoms with Gasteiger partial charge in [0.1, 0.15) is 0 Å². The van der Waals surface area contributed by atoms with E-state index < -0.39 is 0 Å². The minimum atomic E-state index is 0.256. The van der Waals surface area contributed by atoms with Crippen LogP contribution < -0.4 is 0 Å². The summed E-state index contributed by atoms with van der Waals surface area (Å²) >= 11 is 0. The van der Waals surface area contributed by atoms with Gasteiger partial charge in [0.15, 0.2) is 0 Å². The monoisotopic (exact) mass is 198 g/mol. The molecule has 1 saturated heterocycles. The first-order valence-electron chi connectivity index (χ1n) is 5.66. The van der Waals surface area contributed by atoms with E-state index in [1.807, 2.05) is 11.9 Å². The summed E-state index contributed by atoms with van der Waals surface area (Å²) in [5.41, 5.74) is 0. The van der Waals surface area contributed by atoms with Gasteiger partial charge in [0.2, 0.25) is 5.91 Å². The predicted molar refractivity (Wildman–Crippen MR) is 58.1 cm³/mol. The van der Waals surface area contributed by atoms with Crippen molar-refractivity contribution in [2.24, 2.45) is 5.92 Å². The van der Waals surface area contributed by atoms with Crippen molar-refractivity contribution in [3.8, 4) is 0 Å². The molecule has 1 rings (SSSR count). The van der Waals surface area contributed by atoms with Crippen LogP contribution >= 0.6 is 0 Å². The lowest BCUT2D eigenvalue weighted by Crippen LogP contribution is -2.35. The van der Waals surface area contributed by atoms with Crippen molar-refractivity contribution in [3.63, 3.8) is 0 Å². The van der Waals surface area contributed by atoms with Crippen LogP contribution in [0.3, 0.4) is 0 Å². The summed E-state index contributed by atoms with van der Waals surface area (Å²) in [6.07, 6.45) is 2.09. The Hall–Kier alpha value is -0.570. The summed E-state index contributed by atoms with van der Waals surface area (Å²) < 4.78 is 0. The number of hydrogen-bond donors (Lipinski definition) is 0. The van der Waals surface area contributed by atoms with E-state index in [0.29, 0.717) is 5.91 Å². The first-order valence-corrected chi connectivity index (χ1v) is 5.66. The highest BCUT2D eigenvalue weighted by molar-refractivity contribution is 5.79. The molecule has 0 bridgehead atoms. The van der Waals surface area contributed by atoms with Crippen LogP contribution in [0.15, 0.2) is 0 Å². The first kappa shape index (κ1) is 11.5. The molecule has 14 heavy (non-hydrogen) atoms. The second-order valence-electron chi connectivity index (χ2n) is 4.14. The van der Waals surface area contributed by atoms with Gasteiger partial charge in [-0.2, -0.15) is 0 Å². The van der Waals surface area contributed by atoms with E-state index in [1.165, 1.54) is 0 Å². The van der Waals surface area contributed by atoms with Gasteiger partial charge >= 0.3 is 0 Å². The van der Waals surface area contributed by atoms with E-state index >= 15 is 0 Å². The zero-order chi connectivity index (χ0) is 10.6. The molecule has 1 aliphatic rings. The minimum Gasteiger partial charge on any atom is -0.345 e. The van der Waals surface area contributed by atoms with Gasteiger partial charge in [0.25, 0.3) is 0 Å². The molecular formula is C11H22N2O. The predicted octanol–water partition coefficient (Wildman–Crippen LogP) is 1.20. The van der Waals surface area contributed by atoms with Gasteiger partial charge in [-0.05, 0) is 25.9 Å². The minimum absolute atomic E-state index is 0.256. The Bertz CT molecular complexity index is 194. The van der Waals surface area contributed by atoms with Crippen LogP contribution in [0, 0.1) is 5.92 Å². The quantitative estimate of drug-likeness (QED) is 0.677. The number of amides is 1. The molecule has 1 heterocycles. The average molecular weight is 198 g/mol. The molecule has 0 saturated carbocycles. The van der Waals surface area contributed by atoms with Gasteiger partial charge < -0.3 is 9.80 Å². The molecule has 1 atom stereocenters. The molecule has 3 nitrogen and oxygen atoms in total. The maximum absolute atomic E-state index is 11.9. The fourth-order valence-corrected chi connectivity index (χ4v) is 2.08. The van der Waals surface area contributed by atoms with Gasteiger partial charge in [-0.25, -0.2) is 0 Å². The number of hydrogen-bond acceptors (Lipinski definition) is 2. The number of likely N-dealkylation sites (tertiary alicyclic amines) is 1. The van der Waals surface area contributed by atoms with Crippen LogP contribution in [0.5, 0.6) is 0 Å². The first-order chi connectivity index (χ1) is 6.69. The normalized spacial score (nSPS) is 22.6. The second-order valence-corrected chi connectivity index (χ2v) is 4.14. The molecule has 0 radical (unpaired) electrons. The van der Waals surface area contributed by atoms with Crippen molar-refractivity contribution in [1.82, 2.24) is 9.80 Å². The number of nitrogens with zero attached hydrogens (tertiary/aromatic N) is 2. The van der Waals surface area contributed by atoms with Crippen molar-refractivity contribution in [2.75, 3.05) is 33.2 Å². The third-order valence-corrected chi connectivity index (χ3v) is 3.00. The Kier molecular flexibility index (Phi) is 4.39. The molecule has 1 aliphatic heterocycles. The Labute approximate surface area is 87.1 Å². The van der Waals surface area contributed by atoms with E-state index in [1.54, 1.807) is 0 Å². The SMILES string of the molecule is CCCN(C)C(=O)C1CCN(CC)C1. The van der Waals surface area contributed by atoms with Crippen molar-refractivity contribution in [1.29, 1.82) is 0 Å². The fraction of sp³-hybridized carbons (Fsp3) is 0.909. The van der Waals surface area contributed by atoms with E-state index in [2.05, 4.69) is 18.7 Å². The van der Waals surface area contributed by atoms with Crippen LogP contribution in [-0.2, 0) is 4.79 Å². The van der Waals surface area contributed by atoms with E-state index in [9.17, 15) is 4.79 Å². The highest BCUT2D eigenvalue weighted by Gasteiger charge is 2.28. The summed E-state index contributed by atoms with van der Waals surface area (Å²) in [6.45, 7) is 8.28. The van der Waals surface area contributed by atoms with E-state index in [4.69, 9.17) is 0 Å². The lowest BCUT2D eigenvalue weighted by Gasteiger charge is -2.20. The standard InChI is InChI=1S/C11H22N2O/c1-4-7-12(3)11(14)10-6-8-13(5-2)9-10/h10H,4-9H2,1-3H3. The molecule has 3 heteroatoms. The summed E-state index contributed by atoms with van der Waals surface area (Å²) in [6, 6.07) is 0. The molecular weight excluding hydrogens is 176 g/mol. The van der Waals surface area contributed by atoms with Crippen LogP contribution in [0.1, 0.15) is 26.7 Å². The van der Waals surface area contributed by atoms with E-state index in [-0.39, 0.29) is 5.92 Å². The number of rotatable bonds is 4. The van der Waals surface area contributed by atoms with E-state index in [0.717, 1.165) is 39.0 Å². The Morgan fingerprint density at radius 1 is 1.50 bits per heavy atom. The average Bonchev–Trinajstić information content (AvgIpc) is 2.65. The van der Waals surface area contributed by atoms with Crippen molar-refractivity contribution >= 4 is 5.91 Å². The summed E-state index contributed by atoms with van der Waals surface area (Å²) in [4.78, 5) is 16.1. The molecule has 82 valence electrons. The molecule has 1 fully saturated rings. The fourth-order valence-electron chi connectivity index (χ4n) is 2.08. The van der Waals surface area contributed by atoms with Crippen molar-refractivity contribution in [2.45, 2.75) is 26.7 Å². The maximum Gasteiger partial charge on any atom is 0.226 e. The van der Waals surface area contributed by atoms with Gasteiger partial charge in [-0.1, -0.05) is 13.8 Å². The summed E-state index contributed by atoms with van der Waals surface area (Å²) in [7, 11) is 1.92. The molecule has 1 amide bonds. The topological polar surface area (TPSA) is 23.6 Å². The van der Waals surface area contributed by atoms with Crippen LogP contribution in [0.2, 0.25) is 0 Å². The summed E-state index contributed by atoms with van der Waals surface area (Å²) in [5.74, 6) is 0.592. The molecule has 1 unspecified atom stereocenters. The third-order valence-electron chi connectivity index (χ3n) is 3.00. The zero-order valence-corrected chi connectivity index (χ0v) is 9.62. The molecule has 0 aromatic rings. The lowest BCUT2D eigenvalue weighted by atomic mass is 10.1. The largest absolute Gasteiger partial charge is 0.345 e. The molecule has 0 N–H and O–H groups in total. The van der Waals surface area contributed by atoms with Crippen molar-refractivity contribution < 1.29 is 4.79 Å². The summed E-state index contributed by atoms with van der Waals surface area (Å²) in [5, 5.41) is 0. The number of carbonyl (C=O) groups excluding carboxylic acids is 1. The van der Waals surface area contributed by atoms with Gasteiger partial charge in [0, 0.05) is 20.1 Å². The highest BCUT2D eigenvalue weighted by Crippen LogP contribution is 2.17. The van der Waals surface area contributed by atoms with Crippen molar-refractivity contribution in [3.05, 3.63) is 0 Å².